The fourth-order valence-electron chi connectivity index (χ4n) is 5.61. The summed E-state index contributed by atoms with van der Waals surface area (Å²) in [5, 5.41) is 3.31. The molecule has 1 aromatic carbocycles. The first-order valence-electron chi connectivity index (χ1n) is 13.5. The number of rotatable bonds is 4. The third kappa shape index (κ3) is 5.20. The van der Waals surface area contributed by atoms with E-state index in [-0.39, 0.29) is 16.7 Å². The molecule has 1 saturated heterocycles. The van der Waals surface area contributed by atoms with Crippen molar-refractivity contribution in [1.82, 2.24) is 19.4 Å². The van der Waals surface area contributed by atoms with Crippen LogP contribution in [0.5, 0.6) is 5.75 Å². The first-order valence-corrected chi connectivity index (χ1v) is 14.4. The van der Waals surface area contributed by atoms with Crippen LogP contribution >= 0.6 is 11.3 Å². The summed E-state index contributed by atoms with van der Waals surface area (Å²) in [5.74, 6) is 2.53. The van der Waals surface area contributed by atoms with Crippen molar-refractivity contribution in [3.05, 3.63) is 52.0 Å². The van der Waals surface area contributed by atoms with Crippen molar-refractivity contribution in [3.63, 3.8) is 0 Å². The van der Waals surface area contributed by atoms with Crippen molar-refractivity contribution in [2.24, 2.45) is 0 Å². The summed E-state index contributed by atoms with van der Waals surface area (Å²) in [5.41, 5.74) is 5.94. The molecule has 0 radical (unpaired) electrons. The van der Waals surface area contributed by atoms with Gasteiger partial charge in [0, 0.05) is 47.3 Å². The number of hydrogen-bond acceptors (Lipinski definition) is 5. The summed E-state index contributed by atoms with van der Waals surface area (Å²) in [4.78, 5) is 24.5. The number of nitrogens with zero attached hydrogens (tertiary/aromatic N) is 4. The van der Waals surface area contributed by atoms with Gasteiger partial charge in [0.1, 0.15) is 23.1 Å². The summed E-state index contributed by atoms with van der Waals surface area (Å²) in [6.45, 7) is 18.0. The SMILES string of the molecule is Cc1cn(CC(=O)N2CCC(c3csc(-c4cc(C(C)(C)C)c5c(c4)C(C)(C)CCO5)n3)CC2)c(C)n1. The zero-order valence-electron chi connectivity index (χ0n) is 23.4. The fraction of sp³-hybridized carbons (Fsp3) is 0.567. The normalized spacial score (nSPS) is 18.0. The quantitative estimate of drug-likeness (QED) is 0.400. The number of aryl methyl sites for hydroxylation is 2. The lowest BCUT2D eigenvalue weighted by atomic mass is 9.75. The topological polar surface area (TPSA) is 60.2 Å². The third-order valence-electron chi connectivity index (χ3n) is 8.04. The maximum Gasteiger partial charge on any atom is 0.242 e. The lowest BCUT2D eigenvalue weighted by Gasteiger charge is -2.36. The molecule has 2 aliphatic rings. The van der Waals surface area contributed by atoms with Crippen LogP contribution in [-0.2, 0) is 22.2 Å². The Bertz CT molecular complexity index is 1290. The third-order valence-corrected chi connectivity index (χ3v) is 8.95. The molecule has 0 N–H and O–H groups in total. The molecule has 0 aliphatic carbocycles. The van der Waals surface area contributed by atoms with E-state index in [2.05, 4.69) is 57.1 Å². The molecular formula is C30H40N4O2S. The van der Waals surface area contributed by atoms with Crippen LogP contribution in [0, 0.1) is 13.8 Å². The van der Waals surface area contributed by atoms with E-state index in [1.165, 1.54) is 22.4 Å². The number of carbonyl (C=O) groups excluding carboxylic acids is 1. The molecule has 5 rings (SSSR count). The molecule has 1 fully saturated rings. The van der Waals surface area contributed by atoms with Gasteiger partial charge in [0.2, 0.25) is 5.91 Å². The molecule has 0 spiro atoms. The van der Waals surface area contributed by atoms with Gasteiger partial charge in [0.05, 0.1) is 18.0 Å². The minimum absolute atomic E-state index is 0.0130. The van der Waals surface area contributed by atoms with E-state index in [4.69, 9.17) is 9.72 Å². The van der Waals surface area contributed by atoms with E-state index in [1.54, 1.807) is 11.3 Å². The highest BCUT2D eigenvalue weighted by Gasteiger charge is 2.34. The van der Waals surface area contributed by atoms with Crippen molar-refractivity contribution >= 4 is 17.2 Å². The highest BCUT2D eigenvalue weighted by Crippen LogP contribution is 2.47. The molecule has 7 heteroatoms. The number of amides is 1. The number of likely N-dealkylation sites (tertiary alicyclic amines) is 1. The molecule has 0 saturated carbocycles. The van der Waals surface area contributed by atoms with E-state index in [9.17, 15) is 4.79 Å². The van der Waals surface area contributed by atoms with Crippen LogP contribution in [0.2, 0.25) is 0 Å². The lowest BCUT2D eigenvalue weighted by molar-refractivity contribution is -0.132. The maximum absolute atomic E-state index is 12.9. The van der Waals surface area contributed by atoms with Gasteiger partial charge in [-0.25, -0.2) is 9.97 Å². The average molecular weight is 521 g/mol. The van der Waals surface area contributed by atoms with E-state index < -0.39 is 0 Å². The Morgan fingerprint density at radius 2 is 1.89 bits per heavy atom. The Labute approximate surface area is 225 Å². The van der Waals surface area contributed by atoms with E-state index in [0.29, 0.717) is 12.5 Å². The largest absolute Gasteiger partial charge is 0.493 e. The molecule has 3 aromatic rings. The van der Waals surface area contributed by atoms with Gasteiger partial charge in [-0.3, -0.25) is 4.79 Å². The highest BCUT2D eigenvalue weighted by molar-refractivity contribution is 7.13. The number of ether oxygens (including phenoxy) is 1. The van der Waals surface area contributed by atoms with Crippen LogP contribution in [0.4, 0.5) is 0 Å². The second kappa shape index (κ2) is 9.57. The van der Waals surface area contributed by atoms with Crippen LogP contribution in [0.15, 0.2) is 23.7 Å². The number of piperidine rings is 1. The molecular weight excluding hydrogens is 480 g/mol. The van der Waals surface area contributed by atoms with Gasteiger partial charge in [-0.05, 0) is 56.1 Å². The molecule has 2 aromatic heterocycles. The molecule has 1 amide bonds. The number of hydrogen-bond donors (Lipinski definition) is 0. The molecule has 0 bridgehead atoms. The zero-order chi connectivity index (χ0) is 26.5. The number of aromatic nitrogens is 3. The predicted molar refractivity (Wildman–Crippen MR) is 150 cm³/mol. The van der Waals surface area contributed by atoms with Crippen LogP contribution in [-0.4, -0.2) is 45.0 Å². The number of fused-ring (bicyclic) bond motifs is 1. The first-order chi connectivity index (χ1) is 17.4. The summed E-state index contributed by atoms with van der Waals surface area (Å²) in [7, 11) is 0. The van der Waals surface area contributed by atoms with E-state index >= 15 is 0 Å². The van der Waals surface area contributed by atoms with Crippen LogP contribution in [0.3, 0.4) is 0 Å². The first kappa shape index (κ1) is 26.0. The van der Waals surface area contributed by atoms with Crippen molar-refractivity contribution in [1.29, 1.82) is 0 Å². The van der Waals surface area contributed by atoms with Crippen LogP contribution in [0.25, 0.3) is 10.6 Å². The second-order valence-corrected chi connectivity index (χ2v) is 13.3. The molecule has 198 valence electrons. The average Bonchev–Trinajstić information content (AvgIpc) is 3.44. The molecule has 37 heavy (non-hydrogen) atoms. The van der Waals surface area contributed by atoms with E-state index in [0.717, 1.165) is 61.2 Å². The highest BCUT2D eigenvalue weighted by atomic mass is 32.1. The van der Waals surface area contributed by atoms with Gasteiger partial charge in [-0.15, -0.1) is 11.3 Å². The van der Waals surface area contributed by atoms with Gasteiger partial charge in [0.15, 0.2) is 0 Å². The Hall–Kier alpha value is -2.67. The minimum Gasteiger partial charge on any atom is -0.493 e. The fourth-order valence-corrected chi connectivity index (χ4v) is 6.50. The monoisotopic (exact) mass is 520 g/mol. The maximum atomic E-state index is 12.9. The smallest absolute Gasteiger partial charge is 0.242 e. The van der Waals surface area contributed by atoms with Gasteiger partial charge < -0.3 is 14.2 Å². The van der Waals surface area contributed by atoms with Gasteiger partial charge in [0.25, 0.3) is 0 Å². The van der Waals surface area contributed by atoms with Crippen LogP contribution in [0.1, 0.15) is 88.1 Å². The van der Waals surface area contributed by atoms with Crippen LogP contribution < -0.4 is 4.74 Å². The number of benzene rings is 1. The number of imidazole rings is 1. The Morgan fingerprint density at radius 1 is 1.16 bits per heavy atom. The van der Waals surface area contributed by atoms with Crippen molar-refractivity contribution < 1.29 is 9.53 Å². The lowest BCUT2D eigenvalue weighted by Crippen LogP contribution is -2.39. The molecule has 6 nitrogen and oxygen atoms in total. The van der Waals surface area contributed by atoms with Gasteiger partial charge >= 0.3 is 0 Å². The van der Waals surface area contributed by atoms with Crippen molar-refractivity contribution in [3.8, 4) is 16.3 Å². The number of carbonyl (C=O) groups is 1. The molecule has 4 heterocycles. The standard InChI is InChI=1S/C30H40N4O2S/c1-19-16-34(20(2)31-19)17-26(35)33-11-8-21(9-12-33)25-18-37-28(32-25)22-14-23(29(3,4)5)27-24(15-22)30(6,7)10-13-36-27/h14-16,18,21H,8-13,17H2,1-7H3. The zero-order valence-corrected chi connectivity index (χ0v) is 24.2. The summed E-state index contributed by atoms with van der Waals surface area (Å²) in [6.07, 6.45) is 4.88. The summed E-state index contributed by atoms with van der Waals surface area (Å²) in [6, 6.07) is 4.61. The van der Waals surface area contributed by atoms with Crippen molar-refractivity contribution in [2.75, 3.05) is 19.7 Å². The summed E-state index contributed by atoms with van der Waals surface area (Å²) >= 11 is 1.74. The van der Waals surface area contributed by atoms with Gasteiger partial charge in [-0.1, -0.05) is 34.6 Å². The minimum atomic E-state index is -0.0130. The Balaban J connectivity index is 1.32. The van der Waals surface area contributed by atoms with E-state index in [1.807, 2.05) is 29.5 Å². The summed E-state index contributed by atoms with van der Waals surface area (Å²) < 4.78 is 8.18. The molecule has 2 aliphatic heterocycles. The van der Waals surface area contributed by atoms with Crippen molar-refractivity contribution in [2.45, 2.75) is 91.0 Å². The van der Waals surface area contributed by atoms with Gasteiger partial charge in [-0.2, -0.15) is 0 Å². The Kier molecular flexibility index (Phi) is 6.71. The Morgan fingerprint density at radius 3 is 2.54 bits per heavy atom. The predicted octanol–water partition coefficient (Wildman–Crippen LogP) is 6.39. The second-order valence-electron chi connectivity index (χ2n) is 12.4. The molecule has 0 unspecified atom stereocenters. The molecule has 0 atom stereocenters. The number of thiazole rings is 1.